The van der Waals surface area contributed by atoms with Crippen LogP contribution in [-0.2, 0) is 0 Å². The molecule has 2 aromatic carbocycles. The van der Waals surface area contributed by atoms with Crippen LogP contribution in [0.25, 0.3) is 0 Å². The summed E-state index contributed by atoms with van der Waals surface area (Å²) >= 11 is 1.35. The molecule has 0 unspecified atom stereocenters. The molecule has 0 fully saturated rings. The molecule has 0 saturated carbocycles. The van der Waals surface area contributed by atoms with Crippen molar-refractivity contribution in [2.75, 3.05) is 0 Å². The molecule has 0 radical (unpaired) electrons. The maximum atomic E-state index is 11.4. The molecule has 0 N–H and O–H groups in total. The molecule has 0 aliphatic heterocycles. The molecule has 0 aromatic heterocycles. The number of aryl methyl sites for hydroxylation is 2. The summed E-state index contributed by atoms with van der Waals surface area (Å²) in [6.45, 7) is 5.38. The predicted octanol–water partition coefficient (Wildman–Crippen LogP) is 4.57. The maximum absolute atomic E-state index is 11.4. The molecular weight excluding hydrogens is 286 g/mol. The van der Waals surface area contributed by atoms with E-state index in [2.05, 4.69) is 0 Å². The van der Waals surface area contributed by atoms with Gasteiger partial charge in [-0.3, -0.25) is 14.9 Å². The predicted molar refractivity (Wildman–Crippen MR) is 83.1 cm³/mol. The molecule has 108 valence electrons. The number of nitrogens with zero attached hydrogens (tertiary/aromatic N) is 1. The van der Waals surface area contributed by atoms with Crippen LogP contribution in [0.5, 0.6) is 0 Å². The standard InChI is InChI=1S/C16H15NO3S/c1-10-4-6-15(11(2)8-10)21-16-7-5-13(12(3)18)9-14(16)17(19)20/h4-9H,1-3H3. The average Bonchev–Trinajstić information content (AvgIpc) is 2.41. The van der Waals surface area contributed by atoms with Crippen LogP contribution in [0.4, 0.5) is 5.69 Å². The second kappa shape index (κ2) is 6.10. The van der Waals surface area contributed by atoms with Crippen molar-refractivity contribution in [1.29, 1.82) is 0 Å². The minimum atomic E-state index is -0.446. The summed E-state index contributed by atoms with van der Waals surface area (Å²) in [7, 11) is 0. The third-order valence-electron chi connectivity index (χ3n) is 3.11. The lowest BCUT2D eigenvalue weighted by molar-refractivity contribution is -0.387. The average molecular weight is 301 g/mol. The molecule has 0 amide bonds. The normalized spacial score (nSPS) is 10.4. The Morgan fingerprint density at radius 3 is 2.33 bits per heavy atom. The summed E-state index contributed by atoms with van der Waals surface area (Å²) < 4.78 is 0. The van der Waals surface area contributed by atoms with E-state index in [1.54, 1.807) is 12.1 Å². The van der Waals surface area contributed by atoms with Gasteiger partial charge in [-0.15, -0.1) is 0 Å². The second-order valence-electron chi connectivity index (χ2n) is 4.87. The summed E-state index contributed by atoms with van der Waals surface area (Å²) in [5, 5.41) is 11.2. The Kier molecular flexibility index (Phi) is 4.43. The van der Waals surface area contributed by atoms with Crippen LogP contribution in [0.1, 0.15) is 28.4 Å². The van der Waals surface area contributed by atoms with Gasteiger partial charge in [-0.2, -0.15) is 0 Å². The van der Waals surface area contributed by atoms with E-state index in [1.165, 1.54) is 24.8 Å². The summed E-state index contributed by atoms with van der Waals surface area (Å²) in [5.74, 6) is -0.179. The van der Waals surface area contributed by atoms with Gasteiger partial charge >= 0.3 is 0 Å². The molecule has 4 nitrogen and oxygen atoms in total. The van der Waals surface area contributed by atoms with Gasteiger partial charge < -0.3 is 0 Å². The zero-order valence-corrected chi connectivity index (χ0v) is 12.9. The first-order valence-corrected chi connectivity index (χ1v) is 7.24. The number of Topliss-reactive ketones (excluding diaryl/α,β-unsaturated/α-hetero) is 1. The molecular formula is C16H15NO3S. The van der Waals surface area contributed by atoms with Crippen molar-refractivity contribution >= 4 is 23.2 Å². The van der Waals surface area contributed by atoms with Crippen molar-refractivity contribution in [2.24, 2.45) is 0 Å². The zero-order chi connectivity index (χ0) is 15.6. The van der Waals surface area contributed by atoms with Crippen LogP contribution >= 0.6 is 11.8 Å². The molecule has 0 bridgehead atoms. The first kappa shape index (κ1) is 15.3. The topological polar surface area (TPSA) is 60.2 Å². The van der Waals surface area contributed by atoms with Gasteiger partial charge in [-0.25, -0.2) is 0 Å². The Morgan fingerprint density at radius 1 is 1.10 bits per heavy atom. The monoisotopic (exact) mass is 301 g/mol. The lowest BCUT2D eigenvalue weighted by atomic mass is 10.1. The van der Waals surface area contributed by atoms with Crippen LogP contribution in [0, 0.1) is 24.0 Å². The van der Waals surface area contributed by atoms with Gasteiger partial charge in [-0.05, 0) is 44.5 Å². The quantitative estimate of drug-likeness (QED) is 0.471. The maximum Gasteiger partial charge on any atom is 0.283 e. The lowest BCUT2D eigenvalue weighted by Gasteiger charge is -2.08. The molecule has 21 heavy (non-hydrogen) atoms. The molecule has 0 aliphatic carbocycles. The molecule has 0 heterocycles. The van der Waals surface area contributed by atoms with E-state index in [4.69, 9.17) is 0 Å². The van der Waals surface area contributed by atoms with E-state index in [0.29, 0.717) is 10.5 Å². The van der Waals surface area contributed by atoms with Crippen LogP contribution in [0.2, 0.25) is 0 Å². The van der Waals surface area contributed by atoms with E-state index >= 15 is 0 Å². The molecule has 0 spiro atoms. The van der Waals surface area contributed by atoms with Gasteiger partial charge in [0.1, 0.15) is 0 Å². The number of ketones is 1. The van der Waals surface area contributed by atoms with Gasteiger partial charge in [0.25, 0.3) is 5.69 Å². The van der Waals surface area contributed by atoms with Gasteiger partial charge in [0.15, 0.2) is 5.78 Å². The first-order chi connectivity index (χ1) is 9.88. The minimum absolute atomic E-state index is 0.0346. The van der Waals surface area contributed by atoms with Crippen LogP contribution in [-0.4, -0.2) is 10.7 Å². The second-order valence-corrected chi connectivity index (χ2v) is 5.95. The van der Waals surface area contributed by atoms with E-state index in [9.17, 15) is 14.9 Å². The zero-order valence-electron chi connectivity index (χ0n) is 12.0. The number of hydrogen-bond acceptors (Lipinski definition) is 4. The fourth-order valence-corrected chi connectivity index (χ4v) is 2.96. The summed E-state index contributed by atoms with van der Waals surface area (Å²) in [6, 6.07) is 10.6. The molecule has 0 aliphatic rings. The molecule has 0 saturated heterocycles. The fraction of sp³-hybridized carbons (Fsp3) is 0.188. The number of nitro benzene ring substituents is 1. The lowest BCUT2D eigenvalue weighted by Crippen LogP contribution is -1.97. The third kappa shape index (κ3) is 3.49. The molecule has 2 rings (SSSR count). The van der Waals surface area contributed by atoms with Crippen LogP contribution in [0.15, 0.2) is 46.2 Å². The van der Waals surface area contributed by atoms with Gasteiger partial charge in [0.2, 0.25) is 0 Å². The highest BCUT2D eigenvalue weighted by molar-refractivity contribution is 7.99. The van der Waals surface area contributed by atoms with Crippen molar-refractivity contribution in [3.05, 3.63) is 63.2 Å². The summed E-state index contributed by atoms with van der Waals surface area (Å²) in [4.78, 5) is 23.6. The summed E-state index contributed by atoms with van der Waals surface area (Å²) in [6.07, 6.45) is 0. The highest BCUT2D eigenvalue weighted by Crippen LogP contribution is 2.37. The van der Waals surface area contributed by atoms with Crippen molar-refractivity contribution in [3.63, 3.8) is 0 Å². The minimum Gasteiger partial charge on any atom is -0.295 e. The Balaban J connectivity index is 2.44. The molecule has 2 aromatic rings. The van der Waals surface area contributed by atoms with Gasteiger partial charge in [0.05, 0.1) is 9.82 Å². The Hall–Kier alpha value is -2.14. The smallest absolute Gasteiger partial charge is 0.283 e. The summed E-state index contributed by atoms with van der Waals surface area (Å²) in [5.41, 5.74) is 2.54. The van der Waals surface area contributed by atoms with E-state index in [0.717, 1.165) is 16.0 Å². The van der Waals surface area contributed by atoms with Crippen molar-refractivity contribution in [3.8, 4) is 0 Å². The van der Waals surface area contributed by atoms with Crippen molar-refractivity contribution in [2.45, 2.75) is 30.6 Å². The highest BCUT2D eigenvalue weighted by Gasteiger charge is 2.17. The third-order valence-corrected chi connectivity index (χ3v) is 4.36. The van der Waals surface area contributed by atoms with Crippen LogP contribution < -0.4 is 0 Å². The van der Waals surface area contributed by atoms with E-state index < -0.39 is 4.92 Å². The van der Waals surface area contributed by atoms with Crippen LogP contribution in [0.3, 0.4) is 0 Å². The number of carbonyl (C=O) groups excluding carboxylic acids is 1. The number of nitro groups is 1. The molecule has 5 heteroatoms. The SMILES string of the molecule is CC(=O)c1ccc(Sc2ccc(C)cc2C)c([N+](=O)[O-])c1. The van der Waals surface area contributed by atoms with E-state index in [1.807, 2.05) is 32.0 Å². The highest BCUT2D eigenvalue weighted by atomic mass is 32.2. The van der Waals surface area contributed by atoms with Gasteiger partial charge in [-0.1, -0.05) is 29.5 Å². The van der Waals surface area contributed by atoms with Crippen molar-refractivity contribution < 1.29 is 9.72 Å². The Labute approximate surface area is 127 Å². The number of hydrogen-bond donors (Lipinski definition) is 0. The number of benzene rings is 2. The molecule has 0 atom stereocenters. The van der Waals surface area contributed by atoms with E-state index in [-0.39, 0.29) is 11.5 Å². The number of carbonyl (C=O) groups is 1. The Morgan fingerprint density at radius 2 is 1.76 bits per heavy atom. The van der Waals surface area contributed by atoms with Gasteiger partial charge in [0, 0.05) is 16.5 Å². The van der Waals surface area contributed by atoms with Crippen molar-refractivity contribution in [1.82, 2.24) is 0 Å². The largest absolute Gasteiger partial charge is 0.295 e. The first-order valence-electron chi connectivity index (χ1n) is 6.43. The Bertz CT molecular complexity index is 725. The fourth-order valence-electron chi connectivity index (χ4n) is 2.00. The number of rotatable bonds is 4.